The van der Waals surface area contributed by atoms with E-state index >= 15 is 0 Å². The fourth-order valence-corrected chi connectivity index (χ4v) is 3.82. The predicted molar refractivity (Wildman–Crippen MR) is 151 cm³/mol. The van der Waals surface area contributed by atoms with Gasteiger partial charge in [-0.15, -0.1) is 0 Å². The molecular weight excluding hydrogens is 706 g/mol. The van der Waals surface area contributed by atoms with E-state index in [1.165, 1.54) is 12.1 Å². The number of rotatable bonds is 4. The molecule has 1 aromatic carbocycles. The summed E-state index contributed by atoms with van der Waals surface area (Å²) in [5.41, 5.74) is 4.03. The number of halogens is 10. The van der Waals surface area contributed by atoms with Crippen molar-refractivity contribution in [2.24, 2.45) is 0 Å². The van der Waals surface area contributed by atoms with Crippen molar-refractivity contribution >= 4 is 29.4 Å². The molecule has 3 N–H and O–H groups in total. The third kappa shape index (κ3) is 12.8. The number of alkyl halides is 9. The molecular formula is C28H24F10N6O6. The van der Waals surface area contributed by atoms with Crippen molar-refractivity contribution in [2.45, 2.75) is 25.1 Å². The number of fused-ring (bicyclic) bond motifs is 1. The largest absolute Gasteiger partial charge is 0.490 e. The number of nitrogens with zero attached hydrogens (tertiary/aromatic N) is 6. The van der Waals surface area contributed by atoms with Crippen molar-refractivity contribution in [3.8, 4) is 11.3 Å². The summed E-state index contributed by atoms with van der Waals surface area (Å²) >= 11 is 0. The highest BCUT2D eigenvalue weighted by atomic mass is 19.4. The molecule has 4 heterocycles. The van der Waals surface area contributed by atoms with Gasteiger partial charge < -0.3 is 20.2 Å². The third-order valence-electron chi connectivity index (χ3n) is 6.09. The number of hydrogen-bond acceptors (Lipinski definition) is 8. The molecule has 1 aliphatic heterocycles. The molecule has 4 aromatic rings. The van der Waals surface area contributed by atoms with Gasteiger partial charge in [0.15, 0.2) is 11.5 Å². The number of aliphatic carboxylic acids is 3. The Morgan fingerprint density at radius 1 is 0.700 bits per heavy atom. The molecule has 272 valence electrons. The van der Waals surface area contributed by atoms with E-state index in [9.17, 15) is 43.9 Å². The Hall–Kier alpha value is -5.54. The van der Waals surface area contributed by atoms with Gasteiger partial charge in [0.05, 0.1) is 11.9 Å². The Labute approximate surface area is 273 Å². The Morgan fingerprint density at radius 2 is 1.20 bits per heavy atom. The monoisotopic (exact) mass is 730 g/mol. The van der Waals surface area contributed by atoms with Gasteiger partial charge in [-0.1, -0.05) is 12.1 Å². The second-order valence-corrected chi connectivity index (χ2v) is 9.63. The van der Waals surface area contributed by atoms with E-state index in [1.807, 2.05) is 49.1 Å². The van der Waals surface area contributed by atoms with Crippen molar-refractivity contribution in [1.82, 2.24) is 24.3 Å². The number of piperazine rings is 1. The van der Waals surface area contributed by atoms with E-state index in [1.54, 1.807) is 6.20 Å². The Kier molecular flexibility index (Phi) is 14.0. The minimum atomic E-state index is -5.08. The van der Waals surface area contributed by atoms with E-state index in [0.717, 1.165) is 61.0 Å². The Bertz CT molecular complexity index is 1650. The molecule has 1 saturated heterocycles. The van der Waals surface area contributed by atoms with Crippen LogP contribution in [0.25, 0.3) is 16.9 Å². The van der Waals surface area contributed by atoms with Crippen molar-refractivity contribution in [3.63, 3.8) is 0 Å². The van der Waals surface area contributed by atoms with Gasteiger partial charge in [-0.05, 0) is 29.8 Å². The molecule has 3 aromatic heterocycles. The first-order valence-corrected chi connectivity index (χ1v) is 13.5. The van der Waals surface area contributed by atoms with Crippen molar-refractivity contribution in [3.05, 3.63) is 78.8 Å². The number of carbonyl (C=O) groups is 3. The molecule has 0 radical (unpaired) electrons. The number of anilines is 1. The molecule has 50 heavy (non-hydrogen) atoms. The minimum absolute atomic E-state index is 0.192. The van der Waals surface area contributed by atoms with Gasteiger partial charge in [-0.2, -0.15) is 39.5 Å². The molecule has 22 heteroatoms. The maximum atomic E-state index is 13.1. The van der Waals surface area contributed by atoms with E-state index in [0.29, 0.717) is 0 Å². The van der Waals surface area contributed by atoms with E-state index < -0.39 is 36.4 Å². The van der Waals surface area contributed by atoms with Gasteiger partial charge in [0.2, 0.25) is 0 Å². The lowest BCUT2D eigenvalue weighted by Crippen LogP contribution is -2.46. The normalized spacial score (nSPS) is 13.5. The molecule has 1 aliphatic rings. The van der Waals surface area contributed by atoms with E-state index in [-0.39, 0.29) is 5.82 Å². The summed E-state index contributed by atoms with van der Waals surface area (Å²) < 4.78 is 110. The zero-order chi connectivity index (χ0) is 37.9. The summed E-state index contributed by atoms with van der Waals surface area (Å²) in [5, 5.41) is 21.4. The molecule has 0 atom stereocenters. The standard InChI is InChI=1S/C22H21FN6.3C2HF3O2/c23-19-5-3-17(4-6-19)16-27-10-12-28(13-11-27)21-22-26-15-20(29(22)9-8-25-21)18-2-1-7-24-14-18;3*3-2(4,5)1(6)7/h1-9,14-15H,10-13,16H2;3*(H,6,7). The number of benzene rings is 1. The molecule has 0 amide bonds. The van der Waals surface area contributed by atoms with Crippen LogP contribution in [0.5, 0.6) is 0 Å². The molecule has 0 bridgehead atoms. The van der Waals surface area contributed by atoms with Crippen LogP contribution in [0.15, 0.2) is 67.4 Å². The van der Waals surface area contributed by atoms with Crippen LogP contribution >= 0.6 is 0 Å². The second-order valence-electron chi connectivity index (χ2n) is 9.63. The highest BCUT2D eigenvalue weighted by Gasteiger charge is 2.39. The molecule has 0 unspecified atom stereocenters. The Morgan fingerprint density at radius 3 is 1.64 bits per heavy atom. The first-order valence-electron chi connectivity index (χ1n) is 13.5. The van der Waals surface area contributed by atoms with Gasteiger partial charge in [-0.25, -0.2) is 28.7 Å². The Balaban J connectivity index is 0.000000338. The zero-order valence-electron chi connectivity index (χ0n) is 24.9. The highest BCUT2D eigenvalue weighted by molar-refractivity contribution is 5.74. The molecule has 12 nitrogen and oxygen atoms in total. The summed E-state index contributed by atoms with van der Waals surface area (Å²) in [5.74, 6) is -7.56. The van der Waals surface area contributed by atoms with Crippen molar-refractivity contribution in [1.29, 1.82) is 0 Å². The lowest BCUT2D eigenvalue weighted by Gasteiger charge is -2.35. The summed E-state index contributed by atoms with van der Waals surface area (Å²) in [7, 11) is 0. The highest BCUT2D eigenvalue weighted by Crippen LogP contribution is 2.25. The smallest absolute Gasteiger partial charge is 0.475 e. The number of pyridine rings is 1. The molecule has 1 fully saturated rings. The number of aromatic nitrogens is 4. The minimum Gasteiger partial charge on any atom is -0.475 e. The van der Waals surface area contributed by atoms with Crippen molar-refractivity contribution in [2.75, 3.05) is 31.1 Å². The maximum absolute atomic E-state index is 13.1. The lowest BCUT2D eigenvalue weighted by molar-refractivity contribution is -0.193. The number of carboxylic acids is 3. The molecule has 0 spiro atoms. The molecule has 0 saturated carbocycles. The average molecular weight is 731 g/mol. The van der Waals surface area contributed by atoms with Gasteiger partial charge in [0.1, 0.15) is 5.82 Å². The predicted octanol–water partition coefficient (Wildman–Crippen LogP) is 5.15. The van der Waals surface area contributed by atoms with Gasteiger partial charge in [-0.3, -0.25) is 14.3 Å². The maximum Gasteiger partial charge on any atom is 0.490 e. The van der Waals surface area contributed by atoms with E-state index in [2.05, 4.69) is 29.2 Å². The first kappa shape index (κ1) is 40.6. The summed E-state index contributed by atoms with van der Waals surface area (Å²) in [6.07, 6.45) is -5.99. The first-order chi connectivity index (χ1) is 23.1. The third-order valence-corrected chi connectivity index (χ3v) is 6.09. The van der Waals surface area contributed by atoms with Crippen LogP contribution in [-0.2, 0) is 20.9 Å². The molecule has 5 rings (SSSR count). The number of imidazole rings is 1. The quantitative estimate of drug-likeness (QED) is 0.238. The fourth-order valence-electron chi connectivity index (χ4n) is 3.82. The van der Waals surface area contributed by atoms with Crippen LogP contribution in [0.2, 0.25) is 0 Å². The SMILES string of the molecule is Fc1ccc(CN2CCN(c3nccn4c(-c5cccnc5)cnc34)CC2)cc1.O=C(O)C(F)(F)F.O=C(O)C(F)(F)F.O=C(O)C(F)(F)F. The summed E-state index contributed by atoms with van der Waals surface area (Å²) in [4.78, 5) is 44.8. The van der Waals surface area contributed by atoms with Gasteiger partial charge in [0, 0.05) is 63.1 Å². The van der Waals surface area contributed by atoms with Gasteiger partial charge >= 0.3 is 36.4 Å². The summed E-state index contributed by atoms with van der Waals surface area (Å²) in [6, 6.07) is 10.7. The van der Waals surface area contributed by atoms with Crippen LogP contribution in [0.4, 0.5) is 49.7 Å². The van der Waals surface area contributed by atoms with Gasteiger partial charge in [0.25, 0.3) is 0 Å². The lowest BCUT2D eigenvalue weighted by atomic mass is 10.2. The van der Waals surface area contributed by atoms with Crippen LogP contribution in [-0.4, -0.2) is 102 Å². The zero-order valence-corrected chi connectivity index (χ0v) is 24.9. The molecule has 0 aliphatic carbocycles. The number of carboxylic acid groups (broad SMARTS) is 3. The van der Waals surface area contributed by atoms with Crippen LogP contribution in [0, 0.1) is 5.82 Å². The van der Waals surface area contributed by atoms with E-state index in [4.69, 9.17) is 29.7 Å². The fraction of sp³-hybridized carbons (Fsp3) is 0.286. The number of hydrogen-bond donors (Lipinski definition) is 3. The second kappa shape index (κ2) is 17.2. The van der Waals surface area contributed by atoms with Crippen molar-refractivity contribution < 1.29 is 73.6 Å². The average Bonchev–Trinajstić information content (AvgIpc) is 3.47. The van der Waals surface area contributed by atoms with Crippen LogP contribution in [0.3, 0.4) is 0 Å². The van der Waals surface area contributed by atoms with Crippen LogP contribution < -0.4 is 4.90 Å². The van der Waals surface area contributed by atoms with Crippen LogP contribution in [0.1, 0.15) is 5.56 Å². The topological polar surface area (TPSA) is 161 Å². The summed E-state index contributed by atoms with van der Waals surface area (Å²) in [6.45, 7) is 4.44.